The van der Waals surface area contributed by atoms with Crippen LogP contribution in [0.15, 0.2) is 9.98 Å². The molecule has 0 aliphatic carbocycles. The third-order valence-electron chi connectivity index (χ3n) is 2.00. The maximum absolute atomic E-state index is 11.4. The van der Waals surface area contributed by atoms with Crippen LogP contribution in [0.5, 0.6) is 0 Å². The van der Waals surface area contributed by atoms with Crippen molar-refractivity contribution in [3.63, 3.8) is 0 Å². The summed E-state index contributed by atoms with van der Waals surface area (Å²) >= 11 is 4.42. The van der Waals surface area contributed by atoms with Crippen LogP contribution in [-0.2, 0) is 9.59 Å². The SMILES string of the molecule is O=C(O)CCCCC(=O)NC(=O)Nc1ncc(Br)s1. The highest BCUT2D eigenvalue weighted by atomic mass is 79.9. The molecule has 1 heterocycles. The number of halogens is 1. The Balaban J connectivity index is 2.21. The van der Waals surface area contributed by atoms with Gasteiger partial charge in [0.1, 0.15) is 0 Å². The van der Waals surface area contributed by atoms with Gasteiger partial charge in [0, 0.05) is 12.8 Å². The number of amides is 3. The van der Waals surface area contributed by atoms with Gasteiger partial charge in [-0.15, -0.1) is 0 Å². The smallest absolute Gasteiger partial charge is 0.327 e. The largest absolute Gasteiger partial charge is 0.481 e. The fourth-order valence-corrected chi connectivity index (χ4v) is 2.29. The first-order chi connectivity index (χ1) is 8.97. The third-order valence-corrected chi connectivity index (χ3v) is 3.39. The van der Waals surface area contributed by atoms with E-state index in [4.69, 9.17) is 5.11 Å². The molecule has 0 bridgehead atoms. The van der Waals surface area contributed by atoms with Crippen LogP contribution >= 0.6 is 27.3 Å². The van der Waals surface area contributed by atoms with Crippen molar-refractivity contribution in [2.75, 3.05) is 5.32 Å². The lowest BCUT2D eigenvalue weighted by atomic mass is 10.2. The van der Waals surface area contributed by atoms with Crippen LogP contribution in [0.2, 0.25) is 0 Å². The summed E-state index contributed by atoms with van der Waals surface area (Å²) in [6.07, 6.45) is 2.50. The minimum atomic E-state index is -0.896. The van der Waals surface area contributed by atoms with Gasteiger partial charge < -0.3 is 5.11 Å². The Kier molecular flexibility index (Phi) is 6.43. The molecule has 3 N–H and O–H groups in total. The zero-order valence-corrected chi connectivity index (χ0v) is 12.2. The summed E-state index contributed by atoms with van der Waals surface area (Å²) < 4.78 is 0.766. The van der Waals surface area contributed by atoms with Crippen molar-refractivity contribution in [2.45, 2.75) is 25.7 Å². The van der Waals surface area contributed by atoms with Crippen molar-refractivity contribution in [3.8, 4) is 0 Å². The van der Waals surface area contributed by atoms with Gasteiger partial charge in [0.2, 0.25) is 5.91 Å². The lowest BCUT2D eigenvalue weighted by Gasteiger charge is -2.03. The average Bonchev–Trinajstić information content (AvgIpc) is 2.69. The first kappa shape index (κ1) is 15.6. The minimum absolute atomic E-state index is 0.0205. The van der Waals surface area contributed by atoms with E-state index in [9.17, 15) is 14.4 Å². The fraction of sp³-hybridized carbons (Fsp3) is 0.400. The third kappa shape index (κ3) is 6.87. The van der Waals surface area contributed by atoms with Crippen molar-refractivity contribution >= 4 is 50.3 Å². The molecule has 0 atom stereocenters. The highest BCUT2D eigenvalue weighted by Gasteiger charge is 2.09. The maximum atomic E-state index is 11.4. The molecular formula is C10H12BrN3O4S. The molecule has 0 saturated heterocycles. The number of unbranched alkanes of at least 4 members (excludes halogenated alkanes) is 1. The first-order valence-corrected chi connectivity index (χ1v) is 7.02. The second kappa shape index (κ2) is 7.85. The standard InChI is InChI=1S/C10H12BrN3O4S/c11-6-5-12-10(19-6)14-9(18)13-7(15)3-1-2-4-8(16)17/h5H,1-4H2,(H,16,17)(H2,12,13,14,15,18). The second-order valence-electron chi connectivity index (χ2n) is 3.57. The molecule has 1 aromatic rings. The van der Waals surface area contributed by atoms with Crippen LogP contribution in [0.3, 0.4) is 0 Å². The number of hydrogen-bond donors (Lipinski definition) is 3. The van der Waals surface area contributed by atoms with E-state index in [2.05, 4.69) is 31.5 Å². The summed E-state index contributed by atoms with van der Waals surface area (Å²) in [5.41, 5.74) is 0. The second-order valence-corrected chi connectivity index (χ2v) is 5.98. The van der Waals surface area contributed by atoms with Crippen molar-refractivity contribution in [3.05, 3.63) is 9.98 Å². The molecule has 7 nitrogen and oxygen atoms in total. The number of nitrogens with zero attached hydrogens (tertiary/aromatic N) is 1. The number of urea groups is 1. The van der Waals surface area contributed by atoms with Gasteiger partial charge in [-0.25, -0.2) is 9.78 Å². The van der Waals surface area contributed by atoms with Crippen LogP contribution in [0.1, 0.15) is 25.7 Å². The lowest BCUT2D eigenvalue weighted by molar-refractivity contribution is -0.137. The summed E-state index contributed by atoms with van der Waals surface area (Å²) in [5.74, 6) is -1.34. The first-order valence-electron chi connectivity index (χ1n) is 5.41. The molecule has 0 saturated carbocycles. The van der Waals surface area contributed by atoms with E-state index in [0.717, 1.165) is 3.79 Å². The molecule has 0 aliphatic heterocycles. The van der Waals surface area contributed by atoms with Gasteiger partial charge in [0.25, 0.3) is 0 Å². The molecule has 0 spiro atoms. The Hall–Kier alpha value is -1.48. The molecule has 1 aromatic heterocycles. The van der Waals surface area contributed by atoms with E-state index in [1.54, 1.807) is 0 Å². The molecule has 0 aliphatic rings. The zero-order chi connectivity index (χ0) is 14.3. The number of aliphatic carboxylic acids is 1. The Morgan fingerprint density at radius 3 is 2.58 bits per heavy atom. The number of rotatable bonds is 6. The van der Waals surface area contributed by atoms with Crippen molar-refractivity contribution in [1.29, 1.82) is 0 Å². The summed E-state index contributed by atoms with van der Waals surface area (Å²) in [6.45, 7) is 0. The molecule has 0 aromatic carbocycles. The lowest BCUT2D eigenvalue weighted by Crippen LogP contribution is -2.34. The highest BCUT2D eigenvalue weighted by Crippen LogP contribution is 2.22. The fourth-order valence-electron chi connectivity index (χ4n) is 1.19. The van der Waals surface area contributed by atoms with E-state index in [1.807, 2.05) is 0 Å². The van der Waals surface area contributed by atoms with E-state index < -0.39 is 17.9 Å². The molecule has 0 radical (unpaired) electrons. The van der Waals surface area contributed by atoms with Gasteiger partial charge in [-0.05, 0) is 28.8 Å². The molecule has 104 valence electrons. The summed E-state index contributed by atoms with van der Waals surface area (Å²) in [5, 5.41) is 13.3. The van der Waals surface area contributed by atoms with Gasteiger partial charge >= 0.3 is 12.0 Å². The van der Waals surface area contributed by atoms with Crippen molar-refractivity contribution in [1.82, 2.24) is 10.3 Å². The average molecular weight is 350 g/mol. The van der Waals surface area contributed by atoms with Crippen LogP contribution in [0.25, 0.3) is 0 Å². The van der Waals surface area contributed by atoms with E-state index in [1.165, 1.54) is 17.5 Å². The van der Waals surface area contributed by atoms with Gasteiger partial charge in [-0.2, -0.15) is 0 Å². The van der Waals surface area contributed by atoms with Gasteiger partial charge in [0.05, 0.1) is 9.98 Å². The monoisotopic (exact) mass is 349 g/mol. The van der Waals surface area contributed by atoms with E-state index in [0.29, 0.717) is 18.0 Å². The topological polar surface area (TPSA) is 108 Å². The normalized spacial score (nSPS) is 9.95. The Labute approximate surface area is 121 Å². The molecule has 1 rings (SSSR count). The van der Waals surface area contributed by atoms with Crippen molar-refractivity contribution < 1.29 is 19.5 Å². The van der Waals surface area contributed by atoms with Crippen LogP contribution < -0.4 is 10.6 Å². The molecular weight excluding hydrogens is 338 g/mol. The number of aromatic nitrogens is 1. The van der Waals surface area contributed by atoms with Gasteiger partial charge in [-0.1, -0.05) is 11.3 Å². The number of thiazole rings is 1. The molecule has 0 unspecified atom stereocenters. The Morgan fingerprint density at radius 2 is 2.00 bits per heavy atom. The maximum Gasteiger partial charge on any atom is 0.327 e. The van der Waals surface area contributed by atoms with Crippen molar-refractivity contribution in [2.24, 2.45) is 0 Å². The van der Waals surface area contributed by atoms with Crippen LogP contribution in [0.4, 0.5) is 9.93 Å². The predicted molar refractivity (Wildman–Crippen MR) is 73.1 cm³/mol. The summed E-state index contributed by atoms with van der Waals surface area (Å²) in [6, 6.07) is -0.648. The number of anilines is 1. The van der Waals surface area contributed by atoms with Crippen LogP contribution in [0, 0.1) is 0 Å². The Bertz CT molecular complexity index is 477. The number of carbonyl (C=O) groups is 3. The number of carboxylic acid groups (broad SMARTS) is 1. The molecule has 0 fully saturated rings. The van der Waals surface area contributed by atoms with Gasteiger partial charge in [0.15, 0.2) is 5.13 Å². The predicted octanol–water partition coefficient (Wildman–Crippen LogP) is 2.20. The molecule has 3 amide bonds. The quantitative estimate of drug-likeness (QED) is 0.682. The molecule has 9 heteroatoms. The highest BCUT2D eigenvalue weighted by molar-refractivity contribution is 9.11. The number of hydrogen-bond acceptors (Lipinski definition) is 5. The zero-order valence-electron chi connectivity index (χ0n) is 9.81. The summed E-state index contributed by atoms with van der Waals surface area (Å²) in [7, 11) is 0. The Morgan fingerprint density at radius 1 is 1.32 bits per heavy atom. The van der Waals surface area contributed by atoms with Gasteiger partial charge in [-0.3, -0.25) is 20.2 Å². The molecule has 19 heavy (non-hydrogen) atoms. The van der Waals surface area contributed by atoms with E-state index >= 15 is 0 Å². The number of carbonyl (C=O) groups excluding carboxylic acids is 2. The minimum Gasteiger partial charge on any atom is -0.481 e. The number of imide groups is 1. The van der Waals surface area contributed by atoms with Crippen LogP contribution in [-0.4, -0.2) is 28.0 Å². The summed E-state index contributed by atoms with van der Waals surface area (Å²) in [4.78, 5) is 36.9. The number of nitrogens with one attached hydrogen (secondary N) is 2. The van der Waals surface area contributed by atoms with E-state index in [-0.39, 0.29) is 12.8 Å². The number of carboxylic acids is 1.